The second-order valence-corrected chi connectivity index (χ2v) is 8.03. The van der Waals surface area contributed by atoms with Crippen LogP contribution < -0.4 is 5.32 Å². The molecule has 1 aromatic carbocycles. The summed E-state index contributed by atoms with van der Waals surface area (Å²) in [6, 6.07) is 4.93. The molecule has 8 heteroatoms. The number of benzene rings is 1. The van der Waals surface area contributed by atoms with E-state index in [1.807, 2.05) is 5.38 Å². The zero-order valence-electron chi connectivity index (χ0n) is 15.7. The van der Waals surface area contributed by atoms with Crippen molar-refractivity contribution in [3.63, 3.8) is 0 Å². The highest BCUT2D eigenvalue weighted by Gasteiger charge is 2.27. The van der Waals surface area contributed by atoms with Gasteiger partial charge in [0.2, 0.25) is 5.91 Å². The number of hydrogen-bond donors (Lipinski definition) is 1. The summed E-state index contributed by atoms with van der Waals surface area (Å²) in [6.07, 6.45) is 4.11. The number of aromatic nitrogens is 2. The molecule has 4 rings (SSSR count). The fourth-order valence-electron chi connectivity index (χ4n) is 3.65. The number of nitrogens with one attached hydrogen (secondary N) is 1. The molecule has 2 heterocycles. The summed E-state index contributed by atoms with van der Waals surface area (Å²) in [5.74, 6) is -1.48. The van der Waals surface area contributed by atoms with Gasteiger partial charge in [0.1, 0.15) is 11.5 Å². The van der Waals surface area contributed by atoms with Gasteiger partial charge < -0.3 is 5.32 Å². The van der Waals surface area contributed by atoms with Gasteiger partial charge in [-0.15, -0.1) is 11.3 Å². The van der Waals surface area contributed by atoms with Crippen molar-refractivity contribution < 1.29 is 18.4 Å². The number of rotatable bonds is 5. The average molecular weight is 415 g/mol. The van der Waals surface area contributed by atoms with Crippen LogP contribution in [-0.2, 0) is 17.6 Å². The quantitative estimate of drug-likeness (QED) is 0.637. The summed E-state index contributed by atoms with van der Waals surface area (Å²) >= 11 is 1.33. The highest BCUT2D eigenvalue weighted by molar-refractivity contribution is 7.12. The van der Waals surface area contributed by atoms with Crippen LogP contribution in [0, 0.1) is 11.6 Å². The number of hydrogen-bond acceptors (Lipinski definition) is 4. The number of thiophene rings is 1. The predicted molar refractivity (Wildman–Crippen MR) is 105 cm³/mol. The molecule has 1 N–H and O–H groups in total. The van der Waals surface area contributed by atoms with Crippen molar-refractivity contribution in [2.45, 2.75) is 38.6 Å². The van der Waals surface area contributed by atoms with Gasteiger partial charge in [-0.2, -0.15) is 5.10 Å². The number of carbonyl (C=O) groups is 2. The Morgan fingerprint density at radius 3 is 2.86 bits per heavy atom. The van der Waals surface area contributed by atoms with Gasteiger partial charge >= 0.3 is 0 Å². The van der Waals surface area contributed by atoms with Crippen LogP contribution in [0.15, 0.2) is 35.8 Å². The van der Waals surface area contributed by atoms with Crippen molar-refractivity contribution >= 4 is 23.0 Å². The summed E-state index contributed by atoms with van der Waals surface area (Å²) in [4.78, 5) is 24.6. The third-order valence-corrected chi connectivity index (χ3v) is 6.10. The van der Waals surface area contributed by atoms with Gasteiger partial charge in [-0.3, -0.25) is 9.59 Å². The molecule has 2 aromatic heterocycles. The van der Waals surface area contributed by atoms with Gasteiger partial charge in [0.05, 0.1) is 23.5 Å². The fourth-order valence-corrected chi connectivity index (χ4v) is 4.47. The summed E-state index contributed by atoms with van der Waals surface area (Å²) in [5.41, 5.74) is 2.66. The minimum atomic E-state index is -0.680. The van der Waals surface area contributed by atoms with E-state index in [1.165, 1.54) is 35.1 Å². The molecule has 1 aliphatic rings. The lowest BCUT2D eigenvalue weighted by Gasteiger charge is -2.24. The average Bonchev–Trinajstić information content (AvgIpc) is 3.30. The molecule has 0 aliphatic heterocycles. The second kappa shape index (κ2) is 7.87. The molecule has 0 fully saturated rings. The SMILES string of the molecule is CC(=O)c1cc(CC(=O)N[C@@H]2CCCc3c2cnn3-c2ccc(F)cc2F)cs1. The summed E-state index contributed by atoms with van der Waals surface area (Å²) < 4.78 is 28.9. The largest absolute Gasteiger partial charge is 0.349 e. The van der Waals surface area contributed by atoms with Gasteiger partial charge in [0.25, 0.3) is 0 Å². The van der Waals surface area contributed by atoms with Crippen LogP contribution in [0.5, 0.6) is 0 Å². The molecular weight excluding hydrogens is 396 g/mol. The molecule has 1 atom stereocenters. The molecule has 1 aliphatic carbocycles. The van der Waals surface area contributed by atoms with Crippen LogP contribution in [0.3, 0.4) is 0 Å². The monoisotopic (exact) mass is 415 g/mol. The molecule has 1 amide bonds. The van der Waals surface area contributed by atoms with Gasteiger partial charge in [0, 0.05) is 17.3 Å². The first-order chi connectivity index (χ1) is 13.9. The molecule has 3 aromatic rings. The maximum absolute atomic E-state index is 14.2. The highest BCUT2D eigenvalue weighted by Crippen LogP contribution is 2.32. The Balaban J connectivity index is 1.52. The Kier molecular flexibility index (Phi) is 5.27. The first kappa shape index (κ1) is 19.4. The Morgan fingerprint density at radius 2 is 2.14 bits per heavy atom. The van der Waals surface area contributed by atoms with E-state index in [9.17, 15) is 18.4 Å². The lowest BCUT2D eigenvalue weighted by molar-refractivity contribution is -0.121. The van der Waals surface area contributed by atoms with E-state index in [0.717, 1.165) is 35.7 Å². The van der Waals surface area contributed by atoms with E-state index in [1.54, 1.807) is 12.3 Å². The molecule has 29 heavy (non-hydrogen) atoms. The zero-order chi connectivity index (χ0) is 20.5. The van der Waals surface area contributed by atoms with Gasteiger partial charge in [-0.1, -0.05) is 0 Å². The molecule has 0 spiro atoms. The molecule has 0 saturated heterocycles. The van der Waals surface area contributed by atoms with Gasteiger partial charge in [0.15, 0.2) is 11.6 Å². The van der Waals surface area contributed by atoms with Crippen LogP contribution in [0.25, 0.3) is 5.69 Å². The fraction of sp³-hybridized carbons (Fsp3) is 0.286. The van der Waals surface area contributed by atoms with E-state index in [0.29, 0.717) is 11.3 Å². The number of fused-ring (bicyclic) bond motifs is 1. The zero-order valence-corrected chi connectivity index (χ0v) is 16.6. The van der Waals surface area contributed by atoms with Crippen LogP contribution >= 0.6 is 11.3 Å². The van der Waals surface area contributed by atoms with Crippen molar-refractivity contribution in [1.82, 2.24) is 15.1 Å². The van der Waals surface area contributed by atoms with Crippen LogP contribution in [0.4, 0.5) is 8.78 Å². The Bertz CT molecular complexity index is 1090. The molecule has 150 valence electrons. The standard InChI is InChI=1S/C21H19F2N3O2S/c1-12(27)20-7-13(11-29-20)8-21(28)25-17-3-2-4-18-15(17)10-24-26(18)19-6-5-14(22)9-16(19)23/h5-7,9-11,17H,2-4,8H2,1H3,(H,25,28)/t17-/m1/s1. The van der Waals surface area contributed by atoms with E-state index in [4.69, 9.17) is 0 Å². The number of amides is 1. The van der Waals surface area contributed by atoms with E-state index in [2.05, 4.69) is 10.4 Å². The van der Waals surface area contributed by atoms with Crippen LogP contribution in [0.1, 0.15) is 52.3 Å². The molecule has 0 saturated carbocycles. The van der Waals surface area contributed by atoms with Crippen molar-refractivity contribution in [1.29, 1.82) is 0 Å². The Labute approximate surface area is 170 Å². The predicted octanol–water partition coefficient (Wildman–Crippen LogP) is 4.15. The van der Waals surface area contributed by atoms with E-state index in [-0.39, 0.29) is 29.8 Å². The summed E-state index contributed by atoms with van der Waals surface area (Å²) in [5, 5.41) is 9.13. The number of carbonyl (C=O) groups excluding carboxylic acids is 2. The van der Waals surface area contributed by atoms with Crippen LogP contribution in [-0.4, -0.2) is 21.5 Å². The number of nitrogens with zero attached hydrogens (tertiary/aromatic N) is 2. The Hall–Kier alpha value is -2.87. The highest BCUT2D eigenvalue weighted by atomic mass is 32.1. The summed E-state index contributed by atoms with van der Waals surface area (Å²) in [6.45, 7) is 1.50. The molecule has 0 unspecified atom stereocenters. The van der Waals surface area contributed by atoms with E-state index < -0.39 is 11.6 Å². The third kappa shape index (κ3) is 3.98. The first-order valence-electron chi connectivity index (χ1n) is 9.32. The normalized spacial score (nSPS) is 15.8. The number of halogens is 2. The minimum absolute atomic E-state index is 0.0148. The molecule has 0 radical (unpaired) electrons. The lowest BCUT2D eigenvalue weighted by atomic mass is 9.92. The Morgan fingerprint density at radius 1 is 1.31 bits per heavy atom. The van der Waals surface area contributed by atoms with Crippen molar-refractivity contribution in [3.05, 3.63) is 69.2 Å². The smallest absolute Gasteiger partial charge is 0.224 e. The van der Waals surface area contributed by atoms with Crippen molar-refractivity contribution in [3.8, 4) is 5.69 Å². The topological polar surface area (TPSA) is 64.0 Å². The van der Waals surface area contributed by atoms with Gasteiger partial charge in [-0.25, -0.2) is 13.5 Å². The van der Waals surface area contributed by atoms with Crippen LogP contribution in [0.2, 0.25) is 0 Å². The third-order valence-electron chi connectivity index (χ3n) is 5.02. The number of Topliss-reactive ketones (excluding diaryl/α,β-unsaturated/α-hetero) is 1. The maximum Gasteiger partial charge on any atom is 0.224 e. The lowest BCUT2D eigenvalue weighted by Crippen LogP contribution is -2.32. The molecular formula is C21H19F2N3O2S. The second-order valence-electron chi connectivity index (χ2n) is 7.12. The minimum Gasteiger partial charge on any atom is -0.349 e. The number of ketones is 1. The first-order valence-corrected chi connectivity index (χ1v) is 10.2. The maximum atomic E-state index is 14.2. The van der Waals surface area contributed by atoms with Crippen molar-refractivity contribution in [2.75, 3.05) is 0 Å². The van der Waals surface area contributed by atoms with Crippen molar-refractivity contribution in [2.24, 2.45) is 0 Å². The van der Waals surface area contributed by atoms with E-state index >= 15 is 0 Å². The molecule has 5 nitrogen and oxygen atoms in total. The summed E-state index contributed by atoms with van der Waals surface area (Å²) in [7, 11) is 0. The molecule has 0 bridgehead atoms. The van der Waals surface area contributed by atoms with Gasteiger partial charge in [-0.05, 0) is 55.3 Å².